The molecule has 0 radical (unpaired) electrons. The van der Waals surface area contributed by atoms with Gasteiger partial charge in [-0.3, -0.25) is 4.79 Å². The van der Waals surface area contributed by atoms with E-state index in [2.05, 4.69) is 15.9 Å². The summed E-state index contributed by atoms with van der Waals surface area (Å²) in [4.78, 5) is 11.3. The standard InChI is InChI=1S/C15H13BrFNO2/c1-8-5-11(6-9(2)14(8)16)20-13-4-3-10(17)7-12(13)15(18)19/h3-7H,1-2H3,(H2,18,19). The fourth-order valence-corrected chi connectivity index (χ4v) is 2.10. The molecule has 2 aromatic rings. The van der Waals surface area contributed by atoms with E-state index in [1.54, 1.807) is 0 Å². The van der Waals surface area contributed by atoms with E-state index < -0.39 is 11.7 Å². The fourth-order valence-electron chi connectivity index (χ4n) is 1.88. The molecule has 0 aliphatic carbocycles. The third-order valence-electron chi connectivity index (χ3n) is 2.84. The van der Waals surface area contributed by atoms with Crippen LogP contribution in [0, 0.1) is 19.7 Å². The van der Waals surface area contributed by atoms with E-state index in [1.807, 2.05) is 26.0 Å². The molecular weight excluding hydrogens is 325 g/mol. The first-order chi connectivity index (χ1) is 9.38. The van der Waals surface area contributed by atoms with Gasteiger partial charge in [0.25, 0.3) is 5.91 Å². The van der Waals surface area contributed by atoms with E-state index in [-0.39, 0.29) is 11.3 Å². The predicted molar refractivity (Wildman–Crippen MR) is 78.6 cm³/mol. The molecule has 2 aromatic carbocycles. The van der Waals surface area contributed by atoms with E-state index in [0.29, 0.717) is 5.75 Å². The largest absolute Gasteiger partial charge is 0.457 e. The molecule has 0 heterocycles. The predicted octanol–water partition coefficient (Wildman–Crippen LogP) is 4.10. The van der Waals surface area contributed by atoms with Crippen LogP contribution >= 0.6 is 15.9 Å². The Morgan fingerprint density at radius 2 is 1.80 bits per heavy atom. The van der Waals surface area contributed by atoms with E-state index in [0.717, 1.165) is 21.7 Å². The number of nitrogens with two attached hydrogens (primary N) is 1. The average Bonchev–Trinajstić information content (AvgIpc) is 2.37. The molecule has 2 N–H and O–H groups in total. The van der Waals surface area contributed by atoms with Gasteiger partial charge in [-0.1, -0.05) is 15.9 Å². The highest BCUT2D eigenvalue weighted by Crippen LogP contribution is 2.31. The summed E-state index contributed by atoms with van der Waals surface area (Å²) in [6.07, 6.45) is 0. The number of halogens is 2. The maximum atomic E-state index is 13.2. The highest BCUT2D eigenvalue weighted by molar-refractivity contribution is 9.10. The van der Waals surface area contributed by atoms with Crippen molar-refractivity contribution in [2.24, 2.45) is 5.73 Å². The number of ether oxygens (including phenoxy) is 1. The number of hydrogen-bond donors (Lipinski definition) is 1. The summed E-state index contributed by atoms with van der Waals surface area (Å²) in [6.45, 7) is 3.87. The molecule has 0 unspecified atom stereocenters. The molecule has 0 aromatic heterocycles. The van der Waals surface area contributed by atoms with Crippen LogP contribution in [0.25, 0.3) is 0 Å². The third-order valence-corrected chi connectivity index (χ3v) is 4.10. The lowest BCUT2D eigenvalue weighted by molar-refractivity contribution is 0.0997. The highest BCUT2D eigenvalue weighted by atomic mass is 79.9. The Hall–Kier alpha value is -1.88. The average molecular weight is 338 g/mol. The maximum absolute atomic E-state index is 13.2. The molecule has 1 amide bonds. The number of primary amides is 1. The number of aryl methyl sites for hydroxylation is 2. The lowest BCUT2D eigenvalue weighted by atomic mass is 10.1. The van der Waals surface area contributed by atoms with Crippen molar-refractivity contribution < 1.29 is 13.9 Å². The minimum absolute atomic E-state index is 0.0169. The molecule has 0 spiro atoms. The Bertz CT molecular complexity index is 663. The second-order valence-corrected chi connectivity index (χ2v) is 5.27. The number of carbonyl (C=O) groups excluding carboxylic acids is 1. The Kier molecular flexibility index (Phi) is 4.09. The van der Waals surface area contributed by atoms with E-state index in [9.17, 15) is 9.18 Å². The van der Waals surface area contributed by atoms with Crippen molar-refractivity contribution in [3.05, 3.63) is 57.3 Å². The van der Waals surface area contributed by atoms with Crippen LogP contribution in [0.1, 0.15) is 21.5 Å². The molecule has 3 nitrogen and oxygen atoms in total. The first kappa shape index (κ1) is 14.5. The van der Waals surface area contributed by atoms with Crippen molar-refractivity contribution in [3.63, 3.8) is 0 Å². The Morgan fingerprint density at radius 3 is 2.35 bits per heavy atom. The normalized spacial score (nSPS) is 10.4. The van der Waals surface area contributed by atoms with Crippen LogP contribution in [0.2, 0.25) is 0 Å². The van der Waals surface area contributed by atoms with Gasteiger partial charge in [0.05, 0.1) is 5.56 Å². The van der Waals surface area contributed by atoms with E-state index in [1.165, 1.54) is 12.1 Å². The molecule has 0 saturated carbocycles. The van der Waals surface area contributed by atoms with Gasteiger partial charge in [-0.2, -0.15) is 0 Å². The summed E-state index contributed by atoms with van der Waals surface area (Å²) in [5, 5.41) is 0. The van der Waals surface area contributed by atoms with Crippen LogP contribution in [-0.4, -0.2) is 5.91 Å². The number of carbonyl (C=O) groups is 1. The quantitative estimate of drug-likeness (QED) is 0.916. The molecule has 0 atom stereocenters. The summed E-state index contributed by atoms with van der Waals surface area (Å²) in [6, 6.07) is 7.33. The van der Waals surface area contributed by atoms with Gasteiger partial charge in [-0.25, -0.2) is 4.39 Å². The van der Waals surface area contributed by atoms with Crippen LogP contribution in [0.3, 0.4) is 0 Å². The van der Waals surface area contributed by atoms with Crippen LogP contribution in [-0.2, 0) is 0 Å². The van der Waals surface area contributed by atoms with Gasteiger partial charge in [0.2, 0.25) is 0 Å². The SMILES string of the molecule is Cc1cc(Oc2ccc(F)cc2C(N)=O)cc(C)c1Br. The molecular formula is C15H13BrFNO2. The molecule has 5 heteroatoms. The van der Waals surface area contributed by atoms with E-state index in [4.69, 9.17) is 10.5 Å². The smallest absolute Gasteiger partial charge is 0.252 e. The number of benzene rings is 2. The summed E-state index contributed by atoms with van der Waals surface area (Å²) in [5.74, 6) is -0.461. The third kappa shape index (κ3) is 2.99. The number of rotatable bonds is 3. The lowest BCUT2D eigenvalue weighted by Gasteiger charge is -2.12. The van der Waals surface area contributed by atoms with Gasteiger partial charge in [0.15, 0.2) is 0 Å². The molecule has 0 saturated heterocycles. The van der Waals surface area contributed by atoms with Crippen molar-refractivity contribution in [1.82, 2.24) is 0 Å². The molecule has 104 valence electrons. The highest BCUT2D eigenvalue weighted by Gasteiger charge is 2.12. The molecule has 20 heavy (non-hydrogen) atoms. The minimum Gasteiger partial charge on any atom is -0.457 e. The van der Waals surface area contributed by atoms with Crippen molar-refractivity contribution in [2.75, 3.05) is 0 Å². The number of hydrogen-bond acceptors (Lipinski definition) is 2. The van der Waals surface area contributed by atoms with Gasteiger partial charge < -0.3 is 10.5 Å². The second-order valence-electron chi connectivity index (χ2n) is 4.48. The fraction of sp³-hybridized carbons (Fsp3) is 0.133. The monoisotopic (exact) mass is 337 g/mol. The summed E-state index contributed by atoms with van der Waals surface area (Å²) < 4.78 is 19.8. The zero-order valence-corrected chi connectivity index (χ0v) is 12.6. The molecule has 0 aliphatic heterocycles. The maximum Gasteiger partial charge on any atom is 0.252 e. The Labute approximate surface area is 124 Å². The zero-order valence-electron chi connectivity index (χ0n) is 11.0. The van der Waals surface area contributed by atoms with Crippen molar-refractivity contribution in [3.8, 4) is 11.5 Å². The van der Waals surface area contributed by atoms with Crippen molar-refractivity contribution in [1.29, 1.82) is 0 Å². The lowest BCUT2D eigenvalue weighted by Crippen LogP contribution is -2.12. The van der Waals surface area contributed by atoms with Crippen molar-refractivity contribution >= 4 is 21.8 Å². The summed E-state index contributed by atoms with van der Waals surface area (Å²) in [7, 11) is 0. The number of amides is 1. The van der Waals surface area contributed by atoms with Crippen LogP contribution in [0.15, 0.2) is 34.8 Å². The minimum atomic E-state index is -0.731. The molecule has 0 fully saturated rings. The first-order valence-corrected chi connectivity index (χ1v) is 6.71. The molecule has 0 aliphatic rings. The van der Waals surface area contributed by atoms with Gasteiger partial charge in [-0.15, -0.1) is 0 Å². The van der Waals surface area contributed by atoms with Gasteiger partial charge in [-0.05, 0) is 55.3 Å². The van der Waals surface area contributed by atoms with Gasteiger partial charge in [0.1, 0.15) is 17.3 Å². The van der Waals surface area contributed by atoms with Crippen LogP contribution in [0.5, 0.6) is 11.5 Å². The van der Waals surface area contributed by atoms with Crippen LogP contribution < -0.4 is 10.5 Å². The zero-order chi connectivity index (χ0) is 14.9. The van der Waals surface area contributed by atoms with Gasteiger partial charge in [0, 0.05) is 4.47 Å². The summed E-state index contributed by atoms with van der Waals surface area (Å²) in [5.41, 5.74) is 7.25. The second kappa shape index (κ2) is 5.63. The first-order valence-electron chi connectivity index (χ1n) is 5.92. The molecule has 0 bridgehead atoms. The van der Waals surface area contributed by atoms with Crippen LogP contribution in [0.4, 0.5) is 4.39 Å². The van der Waals surface area contributed by atoms with Gasteiger partial charge >= 0.3 is 0 Å². The Balaban J connectivity index is 2.42. The molecule has 2 rings (SSSR count). The van der Waals surface area contributed by atoms with Crippen molar-refractivity contribution in [2.45, 2.75) is 13.8 Å². The Morgan fingerprint density at radius 1 is 1.20 bits per heavy atom. The van der Waals surface area contributed by atoms with E-state index >= 15 is 0 Å². The topological polar surface area (TPSA) is 52.3 Å². The summed E-state index contributed by atoms with van der Waals surface area (Å²) >= 11 is 3.47.